The van der Waals surface area contributed by atoms with Crippen LogP contribution in [0.15, 0.2) is 25.3 Å². The fourth-order valence-electron chi connectivity index (χ4n) is 2.57. The molecule has 0 spiro atoms. The van der Waals surface area contributed by atoms with Crippen LogP contribution in [-0.4, -0.2) is 28.4 Å². The molecule has 0 aromatic rings. The molecule has 0 aliphatic heterocycles. The van der Waals surface area contributed by atoms with Crippen molar-refractivity contribution >= 4 is 18.2 Å². The Bertz CT molecular complexity index is 409. The summed E-state index contributed by atoms with van der Waals surface area (Å²) in [7, 11) is 0. The van der Waals surface area contributed by atoms with Gasteiger partial charge in [0.2, 0.25) is 0 Å². The van der Waals surface area contributed by atoms with Crippen LogP contribution in [0, 0.1) is 6.42 Å². The van der Waals surface area contributed by atoms with Crippen molar-refractivity contribution in [3.05, 3.63) is 31.7 Å². The monoisotopic (exact) mass is 518 g/mol. The van der Waals surface area contributed by atoms with Gasteiger partial charge in [0.25, 0.3) is 0 Å². The van der Waals surface area contributed by atoms with E-state index in [1.54, 1.807) is 0 Å². The number of hydrogen-bond acceptors (Lipinski definition) is 4. The second-order valence-electron chi connectivity index (χ2n) is 7.51. The van der Waals surface area contributed by atoms with Gasteiger partial charge in [-0.25, -0.2) is 9.59 Å². The van der Waals surface area contributed by atoms with Gasteiger partial charge in [0, 0.05) is 12.2 Å². The van der Waals surface area contributed by atoms with Crippen LogP contribution in [-0.2, 0) is 38.1 Å². The Hall–Kier alpha value is -1.40. The summed E-state index contributed by atoms with van der Waals surface area (Å²) < 4.78 is 8.25. The van der Waals surface area contributed by atoms with Crippen LogP contribution >= 0.6 is 0 Å². The van der Waals surface area contributed by atoms with E-state index in [0.29, 0.717) is 6.42 Å². The van der Waals surface area contributed by atoms with Gasteiger partial charge in [0.1, 0.15) is 0 Å². The quantitative estimate of drug-likeness (QED) is 0.0824. The van der Waals surface area contributed by atoms with E-state index in [9.17, 15) is 14.4 Å². The van der Waals surface area contributed by atoms with Crippen molar-refractivity contribution in [3.63, 3.8) is 0 Å². The van der Waals surface area contributed by atoms with E-state index < -0.39 is 11.9 Å². The summed E-state index contributed by atoms with van der Waals surface area (Å²) in [5.41, 5.74) is 0. The molecule has 0 fully saturated rings. The molecule has 198 valence electrons. The fourth-order valence-corrected chi connectivity index (χ4v) is 2.57. The van der Waals surface area contributed by atoms with Crippen LogP contribution in [0.5, 0.6) is 0 Å². The summed E-state index contributed by atoms with van der Waals surface area (Å²) >= 11 is 0.750. The first kappa shape index (κ1) is 42.7. The van der Waals surface area contributed by atoms with Gasteiger partial charge in [-0.2, -0.15) is 20.3 Å². The molecule has 2 N–H and O–H groups in total. The molecule has 0 aromatic carbocycles. The second kappa shape index (κ2) is 48.9. The first-order valence-electron chi connectivity index (χ1n) is 12.4. The van der Waals surface area contributed by atoms with Crippen LogP contribution in [0.2, 0.25) is 0 Å². The van der Waals surface area contributed by atoms with Gasteiger partial charge in [-0.1, -0.05) is 116 Å². The van der Waals surface area contributed by atoms with Gasteiger partial charge < -0.3 is 21.4 Å². The van der Waals surface area contributed by atoms with E-state index in [4.69, 9.17) is 13.5 Å². The van der Waals surface area contributed by atoms with Crippen LogP contribution in [0.4, 0.5) is 0 Å². The predicted molar refractivity (Wildman–Crippen MR) is 137 cm³/mol. The normalized spacial score (nSPS) is 8.62. The maximum absolute atomic E-state index is 10.0. The molecule has 34 heavy (non-hydrogen) atoms. The molecule has 0 saturated carbocycles. The number of unbranched alkanes of at least 4 members (excludes halogenated alkanes) is 15. The Balaban J connectivity index is -0.000000152. The maximum atomic E-state index is 10.0. The molecule has 0 atom stereocenters. The van der Waals surface area contributed by atoms with Gasteiger partial charge >= 0.3 is 35.7 Å². The number of aliphatic carboxylic acids is 2. The Labute approximate surface area is 221 Å². The fraction of sp³-hybridized carbons (Fsp3) is 0.704. The van der Waals surface area contributed by atoms with Crippen molar-refractivity contribution in [1.82, 2.24) is 0 Å². The first-order chi connectivity index (χ1) is 16.4. The molecule has 0 rings (SSSR count). The third kappa shape index (κ3) is 77.5. The molecule has 7 heteroatoms. The van der Waals surface area contributed by atoms with Crippen molar-refractivity contribution in [2.75, 3.05) is 0 Å². The van der Waals surface area contributed by atoms with Crippen molar-refractivity contribution in [1.29, 1.82) is 0 Å². The Kier molecular flexibility index (Phi) is 61.5. The Morgan fingerprint density at radius 3 is 1.09 bits per heavy atom. The zero-order valence-corrected chi connectivity index (χ0v) is 23.5. The molecule has 0 heterocycles. The van der Waals surface area contributed by atoms with Gasteiger partial charge in [0.15, 0.2) is 0 Å². The molecule has 0 aliphatic carbocycles. The summed E-state index contributed by atoms with van der Waals surface area (Å²) in [5, 5.41) is 15.2. The van der Waals surface area contributed by atoms with Gasteiger partial charge in [0.05, 0.1) is 0 Å². The molecule has 0 bridgehead atoms. The molecule has 0 radical (unpaired) electrons. The third-order valence-corrected chi connectivity index (χ3v) is 4.23. The molecule has 0 aromatic heterocycles. The zero-order chi connectivity index (χ0) is 27.3. The standard InChI is InChI=1S/C18H35O.2C3H4O2.C3H7.O.Ti/c1-2-3-4-5-6-7-8-9-10-11-12-13-14-15-16-17-18-19;2*1-2-3(4)5;1-3-2;;/h2-17H2,1H3;2*2H,1H2,(H,4,5);3H,1-2H3;;/q-1;;;-1;;+2. The van der Waals surface area contributed by atoms with Gasteiger partial charge in [-0.05, 0) is 0 Å². The zero-order valence-electron chi connectivity index (χ0n) is 22.0. The molecule has 0 amide bonds. The molecule has 6 nitrogen and oxygen atoms in total. The van der Waals surface area contributed by atoms with E-state index in [1.807, 2.05) is 26.6 Å². The first-order valence-corrected chi connectivity index (χ1v) is 13.0. The van der Waals surface area contributed by atoms with Crippen molar-refractivity contribution in [2.45, 2.75) is 124 Å². The Morgan fingerprint density at radius 1 is 0.706 bits per heavy atom. The van der Waals surface area contributed by atoms with Crippen molar-refractivity contribution < 1.29 is 48.3 Å². The van der Waals surface area contributed by atoms with E-state index >= 15 is 0 Å². The molecule has 0 saturated heterocycles. The number of carbonyl (C=O) groups excluding carboxylic acids is 1. The van der Waals surface area contributed by atoms with E-state index in [-0.39, 0.29) is 0 Å². The van der Waals surface area contributed by atoms with Crippen LogP contribution in [0.3, 0.4) is 0 Å². The third-order valence-electron chi connectivity index (χ3n) is 4.23. The van der Waals surface area contributed by atoms with Crippen LogP contribution in [0.25, 0.3) is 0 Å². The number of carbonyl (C=O) groups is 2. The average molecular weight is 519 g/mol. The van der Waals surface area contributed by atoms with Crippen molar-refractivity contribution in [3.8, 4) is 0 Å². The second-order valence-corrected chi connectivity index (χ2v) is 7.51. The predicted octanol–water partition coefficient (Wildman–Crippen LogP) is 7.98. The van der Waals surface area contributed by atoms with Crippen LogP contribution < -0.4 is 0 Å². The summed E-state index contributed by atoms with van der Waals surface area (Å²) in [5.74, 6) is -1.96. The Morgan fingerprint density at radius 2 is 0.912 bits per heavy atom. The average Bonchev–Trinajstić information content (AvgIpc) is 2.84. The minimum atomic E-state index is -0.981. The number of carboxylic acids is 2. The summed E-state index contributed by atoms with van der Waals surface area (Å²) in [6, 6.07) is 0. The molecule has 0 unspecified atom stereocenters. The topological polar surface area (TPSA) is 109 Å². The van der Waals surface area contributed by atoms with Crippen LogP contribution in [0.1, 0.15) is 124 Å². The van der Waals surface area contributed by atoms with E-state index in [2.05, 4.69) is 20.1 Å². The molecular weight excluding hydrogens is 468 g/mol. The summed E-state index contributed by atoms with van der Waals surface area (Å²) in [6.07, 6.45) is 26.9. The summed E-state index contributed by atoms with van der Waals surface area (Å²) in [6.45, 7) is 12.2. The summed E-state index contributed by atoms with van der Waals surface area (Å²) in [4.78, 5) is 28.5. The van der Waals surface area contributed by atoms with Gasteiger partial charge in [-0.3, -0.25) is 6.29 Å². The molecular formula is C27H50O6Ti. The number of hydrogen-bond donors (Lipinski definition) is 2. The minimum absolute atomic E-state index is 0.637. The van der Waals surface area contributed by atoms with E-state index in [1.165, 1.54) is 89.9 Å². The SMILES string of the molecule is C=CC(=O)O.C=CC(=O)O.CCCCCCCCCCCCCCCCC[C-]=O.C[CH-]C.[O]=[Ti+2]. The number of carboxylic acid groups (broad SMARTS) is 2. The number of rotatable bonds is 18. The van der Waals surface area contributed by atoms with Crippen molar-refractivity contribution in [2.24, 2.45) is 0 Å². The van der Waals surface area contributed by atoms with E-state index in [0.717, 1.165) is 39.0 Å². The van der Waals surface area contributed by atoms with Gasteiger partial charge in [-0.15, -0.1) is 0 Å². The molecule has 0 aliphatic rings.